The Morgan fingerprint density at radius 3 is 1.95 bits per heavy atom. The molecule has 0 aromatic heterocycles. The molecule has 1 rings (SSSR count). The van der Waals surface area contributed by atoms with Gasteiger partial charge >= 0.3 is 17.9 Å². The van der Waals surface area contributed by atoms with Crippen LogP contribution in [0.1, 0.15) is 102 Å². The zero-order valence-corrected chi connectivity index (χ0v) is 24.8. The van der Waals surface area contributed by atoms with E-state index in [9.17, 15) is 44.4 Å². The molecule has 3 atom stereocenters. The van der Waals surface area contributed by atoms with Gasteiger partial charge in [0.15, 0.2) is 5.60 Å². The molecule has 234 valence electrons. The van der Waals surface area contributed by atoms with E-state index < -0.39 is 47.8 Å². The van der Waals surface area contributed by atoms with Crippen molar-refractivity contribution in [2.75, 3.05) is 0 Å². The van der Waals surface area contributed by atoms with Crippen LogP contribution in [0.3, 0.4) is 0 Å². The van der Waals surface area contributed by atoms with Crippen molar-refractivity contribution in [2.24, 2.45) is 5.92 Å². The SMILES string of the molecule is CCCCCCCC(=O)CCCCCC/C=C/[C@@H](C(=O)N[C@@H](Cc1ccc(C)cc1)C(=O)O)[C@@](O)(CC(=O)O)C(=O)O. The molecular weight excluding hydrogens is 542 g/mol. The quantitative estimate of drug-likeness (QED) is 0.0882. The number of allylic oxidation sites excluding steroid dienone is 1. The van der Waals surface area contributed by atoms with E-state index in [1.54, 1.807) is 24.3 Å². The van der Waals surface area contributed by atoms with E-state index in [1.165, 1.54) is 18.9 Å². The fraction of sp³-hybridized carbons (Fsp3) is 0.594. The molecule has 0 saturated heterocycles. The first kappa shape index (κ1) is 36.5. The number of carboxylic acids is 3. The molecule has 0 aliphatic carbocycles. The minimum atomic E-state index is -2.99. The molecule has 42 heavy (non-hydrogen) atoms. The van der Waals surface area contributed by atoms with E-state index in [2.05, 4.69) is 12.2 Å². The Labute approximate surface area is 248 Å². The summed E-state index contributed by atoms with van der Waals surface area (Å²) in [5, 5.41) is 41.7. The molecule has 0 radical (unpaired) electrons. The summed E-state index contributed by atoms with van der Waals surface area (Å²) in [6, 6.07) is 5.54. The number of amides is 1. The highest BCUT2D eigenvalue weighted by molar-refractivity contribution is 5.94. The summed E-state index contributed by atoms with van der Waals surface area (Å²) in [4.78, 5) is 60.4. The summed E-state index contributed by atoms with van der Waals surface area (Å²) in [5.41, 5.74) is -1.41. The lowest BCUT2D eigenvalue weighted by atomic mass is 9.82. The number of aliphatic hydroxyl groups is 1. The first-order chi connectivity index (χ1) is 19.9. The minimum absolute atomic E-state index is 0.0937. The maximum atomic E-state index is 13.2. The van der Waals surface area contributed by atoms with Gasteiger partial charge in [0.1, 0.15) is 11.8 Å². The highest BCUT2D eigenvalue weighted by Gasteiger charge is 2.49. The third kappa shape index (κ3) is 13.9. The van der Waals surface area contributed by atoms with Gasteiger partial charge in [0, 0.05) is 19.3 Å². The van der Waals surface area contributed by atoms with Gasteiger partial charge in [-0.05, 0) is 38.2 Å². The monoisotopic (exact) mass is 589 g/mol. The number of nitrogens with one attached hydrogen (secondary N) is 1. The van der Waals surface area contributed by atoms with Crippen LogP contribution in [-0.2, 0) is 30.4 Å². The molecule has 5 N–H and O–H groups in total. The molecule has 0 unspecified atom stereocenters. The minimum Gasteiger partial charge on any atom is -0.481 e. The van der Waals surface area contributed by atoms with Crippen molar-refractivity contribution in [1.29, 1.82) is 0 Å². The topological polar surface area (TPSA) is 178 Å². The maximum Gasteiger partial charge on any atom is 0.337 e. The summed E-state index contributed by atoms with van der Waals surface area (Å²) >= 11 is 0. The van der Waals surface area contributed by atoms with Crippen molar-refractivity contribution in [3.05, 3.63) is 47.5 Å². The highest BCUT2D eigenvalue weighted by atomic mass is 16.4. The number of carbonyl (C=O) groups is 5. The van der Waals surface area contributed by atoms with Gasteiger partial charge in [-0.1, -0.05) is 87.4 Å². The van der Waals surface area contributed by atoms with Crippen LogP contribution < -0.4 is 5.32 Å². The third-order valence-electron chi connectivity index (χ3n) is 7.23. The van der Waals surface area contributed by atoms with E-state index >= 15 is 0 Å². The lowest BCUT2D eigenvalue weighted by molar-refractivity contribution is -0.172. The van der Waals surface area contributed by atoms with Crippen molar-refractivity contribution in [3.63, 3.8) is 0 Å². The number of hydrogen-bond acceptors (Lipinski definition) is 6. The predicted octanol–water partition coefficient (Wildman–Crippen LogP) is 4.84. The van der Waals surface area contributed by atoms with E-state index in [1.807, 2.05) is 6.92 Å². The maximum absolute atomic E-state index is 13.2. The van der Waals surface area contributed by atoms with Crippen molar-refractivity contribution in [1.82, 2.24) is 5.32 Å². The summed E-state index contributed by atoms with van der Waals surface area (Å²) in [6.07, 6.45) is 11.5. The van der Waals surface area contributed by atoms with Crippen LogP contribution in [0.2, 0.25) is 0 Å². The van der Waals surface area contributed by atoms with E-state index in [0.717, 1.165) is 50.2 Å². The smallest absolute Gasteiger partial charge is 0.337 e. The Balaban J connectivity index is 2.77. The Bertz CT molecular complexity index is 1050. The van der Waals surface area contributed by atoms with Gasteiger partial charge in [0.2, 0.25) is 5.91 Å². The molecule has 1 aromatic carbocycles. The van der Waals surface area contributed by atoms with Crippen molar-refractivity contribution in [3.8, 4) is 0 Å². The van der Waals surface area contributed by atoms with Crippen LogP contribution in [0.25, 0.3) is 0 Å². The number of Topliss-reactive ketones (excluding diaryl/α,β-unsaturated/α-hetero) is 1. The number of hydrogen-bond donors (Lipinski definition) is 5. The van der Waals surface area contributed by atoms with Gasteiger partial charge in [-0.25, -0.2) is 9.59 Å². The zero-order valence-electron chi connectivity index (χ0n) is 24.8. The highest BCUT2D eigenvalue weighted by Crippen LogP contribution is 2.26. The summed E-state index contributed by atoms with van der Waals surface area (Å²) in [7, 11) is 0. The average Bonchev–Trinajstić information content (AvgIpc) is 2.92. The molecule has 10 nitrogen and oxygen atoms in total. The van der Waals surface area contributed by atoms with Crippen molar-refractivity contribution in [2.45, 2.75) is 115 Å². The predicted molar refractivity (Wildman–Crippen MR) is 158 cm³/mol. The van der Waals surface area contributed by atoms with E-state index in [0.29, 0.717) is 31.2 Å². The number of benzene rings is 1. The number of unbranched alkanes of at least 4 members (excludes halogenated alkanes) is 8. The van der Waals surface area contributed by atoms with Crippen LogP contribution >= 0.6 is 0 Å². The summed E-state index contributed by atoms with van der Waals surface area (Å²) in [6.45, 7) is 4.02. The Kier molecular flexibility index (Phi) is 17.0. The Morgan fingerprint density at radius 1 is 0.857 bits per heavy atom. The van der Waals surface area contributed by atoms with E-state index in [4.69, 9.17) is 0 Å². The molecule has 0 bridgehead atoms. The molecule has 0 heterocycles. The normalized spacial score (nSPS) is 14.2. The fourth-order valence-electron chi connectivity index (χ4n) is 4.65. The van der Waals surface area contributed by atoms with Crippen molar-refractivity contribution < 1.29 is 44.4 Å². The number of aryl methyl sites for hydroxylation is 1. The molecule has 1 amide bonds. The van der Waals surface area contributed by atoms with Gasteiger partial charge in [0.05, 0.1) is 12.3 Å². The number of ketones is 1. The van der Waals surface area contributed by atoms with Crippen LogP contribution in [-0.4, -0.2) is 61.7 Å². The summed E-state index contributed by atoms with van der Waals surface area (Å²) < 4.78 is 0. The van der Waals surface area contributed by atoms with Crippen LogP contribution in [0, 0.1) is 12.8 Å². The standard InChI is InChI=1S/C32H47NO9/c1-3-4-5-8-11-14-25(34)15-12-9-6-7-10-13-16-26(32(42,31(40)41)22-28(35)36)29(37)33-27(30(38)39)21-24-19-17-23(2)18-20-24/h13,16-20,26-27,42H,3-12,14-15,21-22H2,1-2H3,(H,33,37)(H,35,36)(H,38,39)(H,40,41)/b16-13+/t26-,27-,32-/m0/s1. The molecule has 1 aromatic rings. The van der Waals surface area contributed by atoms with E-state index in [-0.39, 0.29) is 12.2 Å². The number of carboxylic acid groups (broad SMARTS) is 3. The number of carbonyl (C=O) groups excluding carboxylic acids is 2. The second-order valence-electron chi connectivity index (χ2n) is 11.0. The Hall–Kier alpha value is -3.53. The van der Waals surface area contributed by atoms with Crippen molar-refractivity contribution >= 4 is 29.6 Å². The molecular formula is C32H47NO9. The number of rotatable bonds is 23. The second kappa shape index (κ2) is 19.6. The molecule has 0 saturated carbocycles. The lowest BCUT2D eigenvalue weighted by Gasteiger charge is -2.29. The lowest BCUT2D eigenvalue weighted by Crippen LogP contribution is -2.55. The second-order valence-corrected chi connectivity index (χ2v) is 11.0. The number of aliphatic carboxylic acids is 3. The zero-order chi connectivity index (χ0) is 31.5. The van der Waals surface area contributed by atoms with Crippen LogP contribution in [0.4, 0.5) is 0 Å². The first-order valence-electron chi connectivity index (χ1n) is 14.8. The fourth-order valence-corrected chi connectivity index (χ4v) is 4.65. The Morgan fingerprint density at radius 2 is 1.43 bits per heavy atom. The molecule has 0 spiro atoms. The largest absolute Gasteiger partial charge is 0.481 e. The molecule has 0 fully saturated rings. The first-order valence-corrected chi connectivity index (χ1v) is 14.8. The third-order valence-corrected chi connectivity index (χ3v) is 7.23. The van der Waals surface area contributed by atoms with Gasteiger partial charge < -0.3 is 25.7 Å². The molecule has 0 aliphatic heterocycles. The molecule has 0 aliphatic rings. The van der Waals surface area contributed by atoms with Gasteiger partial charge in [0.25, 0.3) is 0 Å². The summed E-state index contributed by atoms with van der Waals surface area (Å²) in [5.74, 6) is -7.58. The average molecular weight is 590 g/mol. The van der Waals surface area contributed by atoms with Gasteiger partial charge in [-0.15, -0.1) is 0 Å². The van der Waals surface area contributed by atoms with Crippen LogP contribution in [0.15, 0.2) is 36.4 Å². The van der Waals surface area contributed by atoms with Gasteiger partial charge in [-0.2, -0.15) is 0 Å². The van der Waals surface area contributed by atoms with Crippen LogP contribution in [0.5, 0.6) is 0 Å². The van der Waals surface area contributed by atoms with Gasteiger partial charge in [-0.3, -0.25) is 14.4 Å². The molecule has 10 heteroatoms.